The maximum atomic E-state index is 11.7. The summed E-state index contributed by atoms with van der Waals surface area (Å²) < 4.78 is 5.49. The van der Waals surface area contributed by atoms with Gasteiger partial charge >= 0.3 is 0 Å². The summed E-state index contributed by atoms with van der Waals surface area (Å²) in [6.45, 7) is 8.73. The van der Waals surface area contributed by atoms with Crippen LogP contribution in [-0.4, -0.2) is 61.1 Å². The number of likely N-dealkylation sites (N-methyl/N-ethyl adjacent to an activating group) is 1. The molecule has 88 valence electrons. The van der Waals surface area contributed by atoms with E-state index in [9.17, 15) is 4.79 Å². The highest BCUT2D eigenvalue weighted by molar-refractivity contribution is 5.80. The van der Waals surface area contributed by atoms with E-state index in [0.29, 0.717) is 13.2 Å². The zero-order valence-electron chi connectivity index (χ0n) is 10.4. The zero-order valence-corrected chi connectivity index (χ0v) is 10.4. The molecule has 0 saturated carbocycles. The van der Waals surface area contributed by atoms with Gasteiger partial charge in [-0.05, 0) is 20.8 Å². The number of hydrogen-bond acceptors (Lipinski definition) is 3. The molecule has 1 amide bonds. The van der Waals surface area contributed by atoms with Gasteiger partial charge in [-0.2, -0.15) is 0 Å². The van der Waals surface area contributed by atoms with E-state index in [4.69, 9.17) is 4.74 Å². The lowest BCUT2D eigenvalue weighted by Crippen LogP contribution is -2.55. The number of ether oxygens (including phenoxy) is 1. The fourth-order valence-corrected chi connectivity index (χ4v) is 1.70. The van der Waals surface area contributed by atoms with Gasteiger partial charge in [-0.15, -0.1) is 0 Å². The molecule has 1 fully saturated rings. The van der Waals surface area contributed by atoms with Crippen LogP contribution in [-0.2, 0) is 9.53 Å². The van der Waals surface area contributed by atoms with Gasteiger partial charge in [0, 0.05) is 32.7 Å². The molecule has 0 bridgehead atoms. The molecule has 1 aliphatic heterocycles. The number of rotatable bonds is 1. The van der Waals surface area contributed by atoms with Crippen LogP contribution in [0.15, 0.2) is 0 Å². The second kappa shape index (κ2) is 4.49. The Balaban J connectivity index is 2.60. The van der Waals surface area contributed by atoms with Crippen LogP contribution >= 0.6 is 0 Å². The molecular weight excluding hydrogens is 192 g/mol. The first-order valence-corrected chi connectivity index (χ1v) is 5.40. The molecular formula is C11H22N2O2. The van der Waals surface area contributed by atoms with Crippen LogP contribution in [0.1, 0.15) is 20.8 Å². The number of hydrogen-bond donors (Lipinski definition) is 0. The molecule has 15 heavy (non-hydrogen) atoms. The third kappa shape index (κ3) is 3.18. The van der Waals surface area contributed by atoms with Crippen LogP contribution in [0.2, 0.25) is 0 Å². The molecule has 0 aromatic carbocycles. The van der Waals surface area contributed by atoms with Crippen molar-refractivity contribution in [3.05, 3.63) is 0 Å². The first kappa shape index (κ1) is 12.5. The maximum absolute atomic E-state index is 11.7. The van der Waals surface area contributed by atoms with Crippen molar-refractivity contribution >= 4 is 5.91 Å². The Morgan fingerprint density at radius 1 is 1.40 bits per heavy atom. The van der Waals surface area contributed by atoms with E-state index in [1.807, 2.05) is 0 Å². The lowest BCUT2D eigenvalue weighted by Gasteiger charge is -2.41. The predicted octanol–water partition coefficient (Wildman–Crippen LogP) is 0.574. The molecule has 0 radical (unpaired) electrons. The second-order valence-electron chi connectivity index (χ2n) is 5.21. The first-order valence-electron chi connectivity index (χ1n) is 5.40. The van der Waals surface area contributed by atoms with Crippen LogP contribution in [0.4, 0.5) is 0 Å². The summed E-state index contributed by atoms with van der Waals surface area (Å²) in [5, 5.41) is 0. The fourth-order valence-electron chi connectivity index (χ4n) is 1.70. The number of morpholine rings is 1. The number of carbonyl (C=O) groups is 1. The molecule has 1 rings (SSSR count). The molecule has 1 heterocycles. The quantitative estimate of drug-likeness (QED) is 0.640. The summed E-state index contributed by atoms with van der Waals surface area (Å²) in [6, 6.07) is 0. The summed E-state index contributed by atoms with van der Waals surface area (Å²) in [4.78, 5) is 15.6. The SMILES string of the molecule is CN(C)C(=O)C1CN(C(C)(C)C)CCO1. The van der Waals surface area contributed by atoms with Crippen molar-refractivity contribution in [1.82, 2.24) is 9.80 Å². The normalized spacial score (nSPS) is 23.9. The Bertz CT molecular complexity index is 233. The smallest absolute Gasteiger partial charge is 0.252 e. The van der Waals surface area contributed by atoms with Gasteiger partial charge in [-0.3, -0.25) is 9.69 Å². The van der Waals surface area contributed by atoms with Crippen LogP contribution in [0, 0.1) is 0 Å². The van der Waals surface area contributed by atoms with E-state index in [-0.39, 0.29) is 17.6 Å². The minimum atomic E-state index is -0.298. The van der Waals surface area contributed by atoms with Crippen molar-refractivity contribution < 1.29 is 9.53 Å². The highest BCUT2D eigenvalue weighted by Gasteiger charge is 2.32. The van der Waals surface area contributed by atoms with E-state index in [1.54, 1.807) is 19.0 Å². The van der Waals surface area contributed by atoms with E-state index in [1.165, 1.54) is 0 Å². The van der Waals surface area contributed by atoms with Gasteiger partial charge in [-0.25, -0.2) is 0 Å². The standard InChI is InChI=1S/C11H22N2O2/c1-11(2,3)13-6-7-15-9(8-13)10(14)12(4)5/h9H,6-8H2,1-5H3. The van der Waals surface area contributed by atoms with Gasteiger partial charge < -0.3 is 9.64 Å². The van der Waals surface area contributed by atoms with Gasteiger partial charge in [0.1, 0.15) is 6.10 Å². The van der Waals surface area contributed by atoms with Crippen molar-refractivity contribution in [2.24, 2.45) is 0 Å². The lowest BCUT2D eigenvalue weighted by atomic mass is 10.0. The molecule has 4 nitrogen and oxygen atoms in total. The van der Waals surface area contributed by atoms with Gasteiger partial charge in [0.05, 0.1) is 6.61 Å². The fraction of sp³-hybridized carbons (Fsp3) is 0.909. The molecule has 0 aromatic rings. The van der Waals surface area contributed by atoms with Crippen molar-refractivity contribution in [2.75, 3.05) is 33.8 Å². The Labute approximate surface area is 92.2 Å². The van der Waals surface area contributed by atoms with E-state index >= 15 is 0 Å². The average Bonchev–Trinajstić information content (AvgIpc) is 2.15. The summed E-state index contributed by atoms with van der Waals surface area (Å²) in [6.07, 6.45) is -0.298. The molecule has 4 heteroatoms. The first-order chi connectivity index (χ1) is 6.82. The highest BCUT2D eigenvalue weighted by Crippen LogP contribution is 2.18. The van der Waals surface area contributed by atoms with E-state index in [2.05, 4.69) is 25.7 Å². The van der Waals surface area contributed by atoms with Gasteiger partial charge in [0.25, 0.3) is 5.91 Å². The Morgan fingerprint density at radius 2 is 2.00 bits per heavy atom. The summed E-state index contributed by atoms with van der Waals surface area (Å²) >= 11 is 0. The molecule has 0 aromatic heterocycles. The number of amides is 1. The predicted molar refractivity (Wildman–Crippen MR) is 59.8 cm³/mol. The van der Waals surface area contributed by atoms with Crippen LogP contribution in [0.25, 0.3) is 0 Å². The molecule has 1 unspecified atom stereocenters. The highest BCUT2D eigenvalue weighted by atomic mass is 16.5. The van der Waals surface area contributed by atoms with Crippen molar-refractivity contribution in [2.45, 2.75) is 32.4 Å². The van der Waals surface area contributed by atoms with E-state index < -0.39 is 0 Å². The summed E-state index contributed by atoms with van der Waals surface area (Å²) in [5.74, 6) is 0.0592. The Hall–Kier alpha value is -0.610. The second-order valence-corrected chi connectivity index (χ2v) is 5.21. The molecule has 0 aliphatic carbocycles. The molecule has 0 N–H and O–H groups in total. The minimum absolute atomic E-state index is 0.0592. The monoisotopic (exact) mass is 214 g/mol. The summed E-state index contributed by atoms with van der Waals surface area (Å²) in [5.41, 5.74) is 0.106. The Morgan fingerprint density at radius 3 is 2.47 bits per heavy atom. The molecule has 1 atom stereocenters. The third-order valence-corrected chi connectivity index (χ3v) is 2.73. The molecule has 1 saturated heterocycles. The van der Waals surface area contributed by atoms with Gasteiger partial charge in [-0.1, -0.05) is 0 Å². The lowest BCUT2D eigenvalue weighted by molar-refractivity contribution is -0.149. The minimum Gasteiger partial charge on any atom is -0.366 e. The maximum Gasteiger partial charge on any atom is 0.252 e. The van der Waals surface area contributed by atoms with Crippen LogP contribution in [0.5, 0.6) is 0 Å². The number of carbonyl (C=O) groups excluding carboxylic acids is 1. The van der Waals surface area contributed by atoms with Crippen LogP contribution in [0.3, 0.4) is 0 Å². The summed E-state index contributed by atoms with van der Waals surface area (Å²) in [7, 11) is 3.53. The molecule has 1 aliphatic rings. The van der Waals surface area contributed by atoms with Crippen LogP contribution < -0.4 is 0 Å². The molecule has 0 spiro atoms. The van der Waals surface area contributed by atoms with Crippen molar-refractivity contribution in [1.29, 1.82) is 0 Å². The largest absolute Gasteiger partial charge is 0.366 e. The average molecular weight is 214 g/mol. The Kier molecular flexibility index (Phi) is 3.73. The topological polar surface area (TPSA) is 32.8 Å². The van der Waals surface area contributed by atoms with Gasteiger partial charge in [0.15, 0.2) is 0 Å². The third-order valence-electron chi connectivity index (χ3n) is 2.73. The van der Waals surface area contributed by atoms with Gasteiger partial charge in [0.2, 0.25) is 0 Å². The van der Waals surface area contributed by atoms with Crippen molar-refractivity contribution in [3.8, 4) is 0 Å². The van der Waals surface area contributed by atoms with Crippen molar-refractivity contribution in [3.63, 3.8) is 0 Å². The van der Waals surface area contributed by atoms with E-state index in [0.717, 1.165) is 6.54 Å². The zero-order chi connectivity index (χ0) is 11.6. The number of nitrogens with zero attached hydrogens (tertiary/aromatic N) is 2.